The molecular weight excluding hydrogens is 233 g/mol. The molecule has 0 aliphatic carbocycles. The number of aliphatic imine (C=N–C) groups is 1. The van der Waals surface area contributed by atoms with E-state index in [1.165, 1.54) is 12.1 Å². The van der Waals surface area contributed by atoms with E-state index in [-0.39, 0.29) is 5.56 Å². The van der Waals surface area contributed by atoms with Crippen LogP contribution in [0.5, 0.6) is 0 Å². The molecule has 1 aromatic carbocycles. The topological polar surface area (TPSA) is 53.2 Å². The molecule has 0 saturated heterocycles. The zero-order valence-corrected chi connectivity index (χ0v) is 8.75. The molecule has 17 heavy (non-hydrogen) atoms. The van der Waals surface area contributed by atoms with Gasteiger partial charge >= 0.3 is 6.18 Å². The summed E-state index contributed by atoms with van der Waals surface area (Å²) in [5.74, 6) is -1.08. The van der Waals surface area contributed by atoms with Gasteiger partial charge in [-0.25, -0.2) is 0 Å². The molecule has 0 aliphatic heterocycles. The van der Waals surface area contributed by atoms with Crippen molar-refractivity contribution < 1.29 is 18.0 Å². The second-order valence-corrected chi connectivity index (χ2v) is 3.24. The fourth-order valence-electron chi connectivity index (χ4n) is 1.01. The highest BCUT2D eigenvalue weighted by molar-refractivity contribution is 6.11. The summed E-state index contributed by atoms with van der Waals surface area (Å²) in [4.78, 5) is 14.1. The number of nitriles is 1. The van der Waals surface area contributed by atoms with Crippen LogP contribution in [-0.4, -0.2) is 17.8 Å². The van der Waals surface area contributed by atoms with Gasteiger partial charge in [0.1, 0.15) is 6.07 Å². The first-order valence-corrected chi connectivity index (χ1v) is 4.51. The fourth-order valence-corrected chi connectivity index (χ4v) is 1.01. The van der Waals surface area contributed by atoms with Crippen LogP contribution < -0.4 is 0 Å². The molecule has 0 saturated carbocycles. The van der Waals surface area contributed by atoms with Gasteiger partial charge < -0.3 is 0 Å². The number of hydrogen-bond acceptors (Lipinski definition) is 2. The summed E-state index contributed by atoms with van der Waals surface area (Å²) in [5, 5.41) is 8.25. The number of benzene rings is 1. The summed E-state index contributed by atoms with van der Waals surface area (Å²) in [6, 6.07) is 6.71. The van der Waals surface area contributed by atoms with E-state index in [2.05, 4.69) is 4.99 Å². The standard InChI is InChI=1S/C11H7F3N2O/c1-7-2-4-8(5-3-7)10(17)16-9(6-15)11(12,13)14/h2-5H,1H3. The van der Waals surface area contributed by atoms with Crippen LogP contribution in [0.4, 0.5) is 13.2 Å². The third kappa shape index (κ3) is 3.41. The molecule has 3 nitrogen and oxygen atoms in total. The number of carbonyl (C=O) groups excluding carboxylic acids is 1. The van der Waals surface area contributed by atoms with Gasteiger partial charge in [-0.1, -0.05) is 17.7 Å². The lowest BCUT2D eigenvalue weighted by molar-refractivity contribution is -0.0573. The van der Waals surface area contributed by atoms with Gasteiger partial charge in [-0.2, -0.15) is 23.4 Å². The van der Waals surface area contributed by atoms with Crippen LogP contribution in [0.25, 0.3) is 0 Å². The Morgan fingerprint density at radius 2 is 1.82 bits per heavy atom. The first kappa shape index (κ1) is 12.9. The molecule has 0 aliphatic rings. The van der Waals surface area contributed by atoms with Crippen molar-refractivity contribution in [2.24, 2.45) is 4.99 Å². The lowest BCUT2D eigenvalue weighted by Gasteiger charge is -2.02. The maximum atomic E-state index is 12.2. The van der Waals surface area contributed by atoms with Crippen LogP contribution in [0.2, 0.25) is 0 Å². The average Bonchev–Trinajstić information content (AvgIpc) is 2.24. The molecule has 0 bridgehead atoms. The monoisotopic (exact) mass is 240 g/mol. The Morgan fingerprint density at radius 1 is 1.29 bits per heavy atom. The van der Waals surface area contributed by atoms with Crippen molar-refractivity contribution in [2.75, 3.05) is 0 Å². The second-order valence-electron chi connectivity index (χ2n) is 3.24. The number of rotatable bonds is 1. The molecule has 1 rings (SSSR count). The van der Waals surface area contributed by atoms with Gasteiger partial charge in [-0.3, -0.25) is 4.79 Å². The van der Waals surface area contributed by atoms with E-state index in [1.54, 1.807) is 19.1 Å². The number of halogens is 3. The summed E-state index contributed by atoms with van der Waals surface area (Å²) < 4.78 is 36.5. The normalized spacial score (nSPS) is 12.1. The molecule has 1 aromatic rings. The molecule has 0 radical (unpaired) electrons. The number of aryl methyl sites for hydroxylation is 1. The largest absolute Gasteiger partial charge is 0.443 e. The van der Waals surface area contributed by atoms with Crippen LogP contribution in [0, 0.1) is 18.3 Å². The first-order valence-electron chi connectivity index (χ1n) is 4.51. The van der Waals surface area contributed by atoms with Gasteiger partial charge in [-0.15, -0.1) is 0 Å². The molecule has 0 N–H and O–H groups in total. The number of amides is 1. The van der Waals surface area contributed by atoms with Crippen LogP contribution in [0.1, 0.15) is 15.9 Å². The summed E-state index contributed by atoms with van der Waals surface area (Å²) in [7, 11) is 0. The highest BCUT2D eigenvalue weighted by atomic mass is 19.4. The van der Waals surface area contributed by atoms with Crippen molar-refractivity contribution >= 4 is 11.6 Å². The minimum Gasteiger partial charge on any atom is -0.267 e. The Kier molecular flexibility index (Phi) is 3.63. The molecular formula is C11H7F3N2O. The van der Waals surface area contributed by atoms with E-state index in [0.29, 0.717) is 0 Å². The molecule has 6 heteroatoms. The van der Waals surface area contributed by atoms with Crippen molar-refractivity contribution in [3.05, 3.63) is 35.4 Å². The minimum atomic E-state index is -4.91. The molecule has 0 aromatic heterocycles. The molecule has 0 unspecified atom stereocenters. The van der Waals surface area contributed by atoms with Gasteiger partial charge in [0.15, 0.2) is 0 Å². The van der Waals surface area contributed by atoms with Gasteiger partial charge in [0.2, 0.25) is 5.71 Å². The zero-order valence-electron chi connectivity index (χ0n) is 8.75. The van der Waals surface area contributed by atoms with Crippen LogP contribution in [-0.2, 0) is 0 Å². The predicted molar refractivity (Wildman–Crippen MR) is 54.6 cm³/mol. The first-order chi connectivity index (χ1) is 7.84. The highest BCUT2D eigenvalue weighted by Gasteiger charge is 2.36. The van der Waals surface area contributed by atoms with Crippen molar-refractivity contribution in [3.8, 4) is 6.07 Å². The second kappa shape index (κ2) is 4.78. The van der Waals surface area contributed by atoms with Gasteiger partial charge in [0.25, 0.3) is 5.91 Å². The molecule has 0 atom stereocenters. The SMILES string of the molecule is Cc1ccc(C(=O)N=C(C#N)C(F)(F)F)cc1. The van der Waals surface area contributed by atoms with Crippen molar-refractivity contribution in [1.82, 2.24) is 0 Å². The Labute approximate surface area is 95.2 Å². The summed E-state index contributed by atoms with van der Waals surface area (Å²) in [6.07, 6.45) is -4.91. The Balaban J connectivity index is 3.03. The fraction of sp³-hybridized carbons (Fsp3) is 0.182. The number of carbonyl (C=O) groups is 1. The average molecular weight is 240 g/mol. The van der Waals surface area contributed by atoms with Crippen molar-refractivity contribution in [3.63, 3.8) is 0 Å². The molecule has 0 heterocycles. The molecule has 0 fully saturated rings. The lowest BCUT2D eigenvalue weighted by atomic mass is 10.1. The summed E-state index contributed by atoms with van der Waals surface area (Å²) >= 11 is 0. The van der Waals surface area contributed by atoms with Crippen LogP contribution in [0.15, 0.2) is 29.3 Å². The van der Waals surface area contributed by atoms with Crippen molar-refractivity contribution in [2.45, 2.75) is 13.1 Å². The van der Waals surface area contributed by atoms with E-state index in [9.17, 15) is 18.0 Å². The maximum Gasteiger partial charge on any atom is 0.443 e. The molecule has 1 amide bonds. The van der Waals surface area contributed by atoms with E-state index in [1.807, 2.05) is 0 Å². The van der Waals surface area contributed by atoms with Gasteiger partial charge in [0, 0.05) is 5.56 Å². The molecule has 0 spiro atoms. The Morgan fingerprint density at radius 3 is 2.24 bits per heavy atom. The predicted octanol–water partition coefficient (Wildman–Crippen LogP) is 2.66. The Bertz CT molecular complexity index is 495. The van der Waals surface area contributed by atoms with Gasteiger partial charge in [-0.05, 0) is 19.1 Å². The van der Waals surface area contributed by atoms with E-state index in [0.717, 1.165) is 11.6 Å². The van der Waals surface area contributed by atoms with Crippen LogP contribution >= 0.6 is 0 Å². The number of alkyl halides is 3. The quantitative estimate of drug-likeness (QED) is 0.708. The zero-order chi connectivity index (χ0) is 13.1. The summed E-state index contributed by atoms with van der Waals surface area (Å²) in [6.45, 7) is 1.77. The number of hydrogen-bond donors (Lipinski definition) is 0. The minimum absolute atomic E-state index is 0.00704. The third-order valence-electron chi connectivity index (χ3n) is 1.89. The van der Waals surface area contributed by atoms with Crippen LogP contribution in [0.3, 0.4) is 0 Å². The van der Waals surface area contributed by atoms with E-state index < -0.39 is 17.8 Å². The number of nitrogens with zero attached hydrogens (tertiary/aromatic N) is 2. The van der Waals surface area contributed by atoms with Gasteiger partial charge in [0.05, 0.1) is 0 Å². The van der Waals surface area contributed by atoms with E-state index in [4.69, 9.17) is 5.26 Å². The third-order valence-corrected chi connectivity index (χ3v) is 1.89. The summed E-state index contributed by atoms with van der Waals surface area (Å²) in [5.41, 5.74) is -0.877. The smallest absolute Gasteiger partial charge is 0.267 e. The van der Waals surface area contributed by atoms with Crippen molar-refractivity contribution in [1.29, 1.82) is 5.26 Å². The lowest BCUT2D eigenvalue weighted by Crippen LogP contribution is -2.22. The maximum absolute atomic E-state index is 12.2. The molecule has 88 valence electrons. The highest BCUT2D eigenvalue weighted by Crippen LogP contribution is 2.17. The van der Waals surface area contributed by atoms with E-state index >= 15 is 0 Å². The Hall–Kier alpha value is -2.16.